The lowest BCUT2D eigenvalue weighted by atomic mass is 10.2. The second kappa shape index (κ2) is 5.58. The summed E-state index contributed by atoms with van der Waals surface area (Å²) < 4.78 is 15.2. The number of thiazole rings is 1. The molecule has 2 heterocycles. The Morgan fingerprint density at radius 3 is 2.65 bits per heavy atom. The van der Waals surface area contributed by atoms with E-state index in [-0.39, 0.29) is 16.8 Å². The molecule has 0 saturated heterocycles. The summed E-state index contributed by atoms with van der Waals surface area (Å²) in [6, 6.07) is 5.62. The molecular weight excluding hydrogens is 317 g/mol. The number of nitrogens with one attached hydrogen (secondary N) is 1. The largest absolute Gasteiger partial charge is 0.316 e. The van der Waals surface area contributed by atoms with E-state index >= 15 is 0 Å². The number of anilines is 1. The summed E-state index contributed by atoms with van der Waals surface area (Å²) in [5.74, 6) is -1.31. The molecule has 118 valence electrons. The third-order valence-electron chi connectivity index (χ3n) is 3.68. The molecule has 3 rings (SSSR count). The number of fused-ring (bicyclic) bond motifs is 1. The van der Waals surface area contributed by atoms with E-state index in [9.17, 15) is 14.0 Å². The average Bonchev–Trinajstić information content (AvgIpc) is 2.78. The highest BCUT2D eigenvalue weighted by Gasteiger charge is 2.18. The SMILES string of the molecule is Cc1nc2sc(C)c(C)n2c(=O)c1NC(=O)c1ccccc1F. The summed E-state index contributed by atoms with van der Waals surface area (Å²) in [5.41, 5.74) is 0.773. The molecule has 0 saturated carbocycles. The zero-order valence-electron chi connectivity index (χ0n) is 12.8. The van der Waals surface area contributed by atoms with Crippen LogP contribution in [0.1, 0.15) is 26.6 Å². The van der Waals surface area contributed by atoms with Gasteiger partial charge >= 0.3 is 0 Å². The lowest BCUT2D eigenvalue weighted by molar-refractivity contribution is 0.102. The zero-order chi connectivity index (χ0) is 16.7. The molecule has 0 atom stereocenters. The van der Waals surface area contributed by atoms with Gasteiger partial charge in [-0.15, -0.1) is 11.3 Å². The van der Waals surface area contributed by atoms with Gasteiger partial charge in [0, 0.05) is 10.6 Å². The van der Waals surface area contributed by atoms with Crippen LogP contribution < -0.4 is 10.9 Å². The fraction of sp³-hybridized carbons (Fsp3) is 0.188. The zero-order valence-corrected chi connectivity index (χ0v) is 13.6. The Bertz CT molecular complexity index is 991. The number of carbonyl (C=O) groups excluding carboxylic acids is 1. The predicted molar refractivity (Wildman–Crippen MR) is 87.9 cm³/mol. The van der Waals surface area contributed by atoms with Gasteiger partial charge in [0.15, 0.2) is 4.96 Å². The Morgan fingerprint density at radius 2 is 1.96 bits per heavy atom. The van der Waals surface area contributed by atoms with Crippen molar-refractivity contribution in [1.82, 2.24) is 9.38 Å². The van der Waals surface area contributed by atoms with Crippen LogP contribution in [0.25, 0.3) is 4.96 Å². The molecule has 0 spiro atoms. The number of nitrogens with zero attached hydrogens (tertiary/aromatic N) is 2. The van der Waals surface area contributed by atoms with Gasteiger partial charge in [-0.25, -0.2) is 9.37 Å². The van der Waals surface area contributed by atoms with Crippen LogP contribution in [0.15, 0.2) is 29.1 Å². The minimum Gasteiger partial charge on any atom is -0.316 e. The summed E-state index contributed by atoms with van der Waals surface area (Å²) in [5, 5.41) is 2.49. The molecule has 3 aromatic rings. The van der Waals surface area contributed by atoms with E-state index in [1.807, 2.05) is 13.8 Å². The minimum atomic E-state index is -0.672. The first-order chi connectivity index (χ1) is 10.9. The number of rotatable bonds is 2. The third-order valence-corrected chi connectivity index (χ3v) is 4.74. The molecule has 0 aliphatic carbocycles. The smallest absolute Gasteiger partial charge is 0.282 e. The molecule has 5 nitrogen and oxygen atoms in total. The number of halogens is 1. The molecule has 1 amide bonds. The Labute approximate surface area is 135 Å². The van der Waals surface area contributed by atoms with Crippen molar-refractivity contribution in [1.29, 1.82) is 0 Å². The Hall–Kier alpha value is -2.54. The van der Waals surface area contributed by atoms with Crippen LogP contribution in [0.3, 0.4) is 0 Å². The molecule has 1 N–H and O–H groups in total. The molecule has 2 aromatic heterocycles. The van der Waals surface area contributed by atoms with Gasteiger partial charge in [-0.05, 0) is 32.9 Å². The van der Waals surface area contributed by atoms with E-state index < -0.39 is 11.7 Å². The second-order valence-corrected chi connectivity index (χ2v) is 6.35. The molecule has 0 bridgehead atoms. The molecule has 0 aliphatic heterocycles. The van der Waals surface area contributed by atoms with Gasteiger partial charge in [0.25, 0.3) is 11.5 Å². The highest BCUT2D eigenvalue weighted by molar-refractivity contribution is 7.17. The first-order valence-corrected chi connectivity index (χ1v) is 7.77. The first-order valence-electron chi connectivity index (χ1n) is 6.95. The topological polar surface area (TPSA) is 63.5 Å². The van der Waals surface area contributed by atoms with Gasteiger partial charge in [-0.3, -0.25) is 14.0 Å². The first kappa shape index (κ1) is 15.4. The van der Waals surface area contributed by atoms with Gasteiger partial charge in [0.1, 0.15) is 11.5 Å². The molecular formula is C16H14FN3O2S. The number of hydrogen-bond donors (Lipinski definition) is 1. The van der Waals surface area contributed by atoms with Crippen LogP contribution in [0.2, 0.25) is 0 Å². The normalized spacial score (nSPS) is 11.0. The van der Waals surface area contributed by atoms with Crippen LogP contribution in [-0.4, -0.2) is 15.3 Å². The fourth-order valence-corrected chi connectivity index (χ4v) is 3.31. The number of amides is 1. The highest BCUT2D eigenvalue weighted by atomic mass is 32.1. The monoisotopic (exact) mass is 331 g/mol. The van der Waals surface area contributed by atoms with Crippen molar-refractivity contribution in [3.63, 3.8) is 0 Å². The van der Waals surface area contributed by atoms with Gasteiger partial charge < -0.3 is 5.32 Å². The number of carbonyl (C=O) groups is 1. The maximum Gasteiger partial charge on any atom is 0.282 e. The van der Waals surface area contributed by atoms with Crippen molar-refractivity contribution in [3.8, 4) is 0 Å². The van der Waals surface area contributed by atoms with Crippen molar-refractivity contribution in [3.05, 3.63) is 62.3 Å². The van der Waals surface area contributed by atoms with Crippen LogP contribution in [0, 0.1) is 26.6 Å². The number of benzene rings is 1. The van der Waals surface area contributed by atoms with E-state index in [0.29, 0.717) is 10.7 Å². The summed E-state index contributed by atoms with van der Waals surface area (Å²) in [4.78, 5) is 30.8. The third kappa shape index (κ3) is 2.53. The van der Waals surface area contributed by atoms with Gasteiger partial charge in [-0.2, -0.15) is 0 Å². The Kier molecular flexibility index (Phi) is 3.73. The van der Waals surface area contributed by atoms with Crippen LogP contribution in [0.4, 0.5) is 10.1 Å². The maximum atomic E-state index is 13.7. The Morgan fingerprint density at radius 1 is 1.26 bits per heavy atom. The fourth-order valence-electron chi connectivity index (χ4n) is 2.31. The van der Waals surface area contributed by atoms with E-state index in [1.165, 1.54) is 33.9 Å². The van der Waals surface area contributed by atoms with Crippen LogP contribution in [0.5, 0.6) is 0 Å². The van der Waals surface area contributed by atoms with E-state index in [0.717, 1.165) is 10.6 Å². The molecule has 1 aromatic carbocycles. The molecule has 23 heavy (non-hydrogen) atoms. The highest BCUT2D eigenvalue weighted by Crippen LogP contribution is 2.21. The van der Waals surface area contributed by atoms with Crippen molar-refractivity contribution >= 4 is 27.9 Å². The molecule has 0 fully saturated rings. The summed E-state index contributed by atoms with van der Waals surface area (Å²) >= 11 is 1.41. The molecule has 0 radical (unpaired) electrons. The second-order valence-electron chi connectivity index (χ2n) is 5.17. The standard InChI is InChI=1S/C16H14FN3O2S/c1-8-13(19-14(21)11-6-4-5-7-12(11)17)15(22)20-9(2)10(3)23-16(20)18-8/h4-7H,1-3H3,(H,19,21). The maximum absolute atomic E-state index is 13.7. The van der Waals surface area contributed by atoms with Gasteiger partial charge in [-0.1, -0.05) is 12.1 Å². The van der Waals surface area contributed by atoms with Crippen LogP contribution >= 0.6 is 11.3 Å². The van der Waals surface area contributed by atoms with E-state index in [2.05, 4.69) is 10.3 Å². The lowest BCUT2D eigenvalue weighted by Gasteiger charge is -2.08. The minimum absolute atomic E-state index is 0.0663. The van der Waals surface area contributed by atoms with Gasteiger partial charge in [0.05, 0.1) is 11.3 Å². The summed E-state index contributed by atoms with van der Waals surface area (Å²) in [7, 11) is 0. The quantitative estimate of drug-likeness (QED) is 0.785. The molecule has 0 aliphatic rings. The van der Waals surface area contributed by atoms with Crippen molar-refractivity contribution in [2.45, 2.75) is 20.8 Å². The number of aryl methyl sites for hydroxylation is 3. The number of hydrogen-bond acceptors (Lipinski definition) is 4. The van der Waals surface area contributed by atoms with Crippen molar-refractivity contribution in [2.75, 3.05) is 5.32 Å². The summed E-state index contributed by atoms with van der Waals surface area (Å²) in [6.07, 6.45) is 0. The lowest BCUT2D eigenvalue weighted by Crippen LogP contribution is -2.25. The molecule has 7 heteroatoms. The Balaban J connectivity index is 2.10. The molecule has 0 unspecified atom stereocenters. The van der Waals surface area contributed by atoms with Gasteiger partial charge in [0.2, 0.25) is 0 Å². The number of aromatic nitrogens is 2. The van der Waals surface area contributed by atoms with Crippen molar-refractivity contribution < 1.29 is 9.18 Å². The van der Waals surface area contributed by atoms with E-state index in [4.69, 9.17) is 0 Å². The summed E-state index contributed by atoms with van der Waals surface area (Å²) in [6.45, 7) is 5.36. The van der Waals surface area contributed by atoms with Crippen LogP contribution in [-0.2, 0) is 0 Å². The predicted octanol–water partition coefficient (Wildman–Crippen LogP) is 3.07. The van der Waals surface area contributed by atoms with Crippen molar-refractivity contribution in [2.24, 2.45) is 0 Å². The van der Waals surface area contributed by atoms with E-state index in [1.54, 1.807) is 13.0 Å². The average molecular weight is 331 g/mol.